The third-order valence-corrected chi connectivity index (χ3v) is 4.78. The maximum absolute atomic E-state index is 12.3. The number of nitrogens with zero attached hydrogens (tertiary/aromatic N) is 4. The summed E-state index contributed by atoms with van der Waals surface area (Å²) in [5, 5.41) is 2.90. The van der Waals surface area contributed by atoms with E-state index in [1.165, 1.54) is 5.56 Å². The number of hydrogen-bond acceptors (Lipinski definition) is 4. The van der Waals surface area contributed by atoms with Crippen LogP contribution in [0.4, 0.5) is 0 Å². The van der Waals surface area contributed by atoms with Crippen LogP contribution in [0.3, 0.4) is 0 Å². The topological polar surface area (TPSA) is 70.5 Å². The first-order valence-electron chi connectivity index (χ1n) is 9.45. The number of nitrogens with one attached hydrogen (secondary N) is 1. The zero-order chi connectivity index (χ0) is 19.2. The summed E-state index contributed by atoms with van der Waals surface area (Å²) in [4.78, 5) is 32.8. The Morgan fingerprint density at radius 1 is 1.26 bits per heavy atom. The molecule has 2 amide bonds. The summed E-state index contributed by atoms with van der Waals surface area (Å²) >= 11 is 0. The zero-order valence-electron chi connectivity index (χ0n) is 16.0. The largest absolute Gasteiger partial charge is 0.351 e. The van der Waals surface area contributed by atoms with Crippen LogP contribution in [-0.4, -0.2) is 64.4 Å². The standard InChI is InChI=1S/C20H27N5O2/c1-3-24-12-13-25-15-17(22-18(25)20(24)27)19(26)21-10-7-11-23(2)14-16-8-5-4-6-9-16/h4-6,8-9,15H,3,7,10-14H2,1-2H3,(H,21,26). The Morgan fingerprint density at radius 2 is 2.04 bits per heavy atom. The van der Waals surface area contributed by atoms with E-state index in [0.717, 1.165) is 19.5 Å². The summed E-state index contributed by atoms with van der Waals surface area (Å²) in [6.45, 7) is 6.29. The van der Waals surface area contributed by atoms with Crippen LogP contribution in [0, 0.1) is 0 Å². The number of rotatable bonds is 8. The summed E-state index contributed by atoms with van der Waals surface area (Å²) in [5.41, 5.74) is 1.59. The van der Waals surface area contributed by atoms with Crippen molar-refractivity contribution >= 4 is 11.8 Å². The molecule has 1 aromatic carbocycles. The Kier molecular flexibility index (Phi) is 6.24. The molecule has 27 heavy (non-hydrogen) atoms. The number of imidazole rings is 1. The third-order valence-electron chi connectivity index (χ3n) is 4.78. The van der Waals surface area contributed by atoms with Gasteiger partial charge in [0.1, 0.15) is 5.69 Å². The van der Waals surface area contributed by atoms with Gasteiger partial charge in [-0.05, 0) is 32.5 Å². The summed E-state index contributed by atoms with van der Waals surface area (Å²) in [6.07, 6.45) is 2.53. The van der Waals surface area contributed by atoms with Gasteiger partial charge in [0.25, 0.3) is 11.8 Å². The van der Waals surface area contributed by atoms with Crippen LogP contribution in [0.15, 0.2) is 36.5 Å². The molecule has 144 valence electrons. The number of fused-ring (bicyclic) bond motifs is 1. The van der Waals surface area contributed by atoms with Gasteiger partial charge in [0.2, 0.25) is 0 Å². The number of likely N-dealkylation sites (N-methyl/N-ethyl adjacent to an activating group) is 1. The molecular formula is C20H27N5O2. The van der Waals surface area contributed by atoms with Gasteiger partial charge in [0.15, 0.2) is 5.82 Å². The van der Waals surface area contributed by atoms with Gasteiger partial charge in [0, 0.05) is 38.9 Å². The summed E-state index contributed by atoms with van der Waals surface area (Å²) in [6, 6.07) is 10.3. The predicted molar refractivity (Wildman–Crippen MR) is 104 cm³/mol. The van der Waals surface area contributed by atoms with E-state index in [0.29, 0.717) is 37.7 Å². The molecule has 7 heteroatoms. The molecule has 0 unspecified atom stereocenters. The van der Waals surface area contributed by atoms with Crippen molar-refractivity contribution in [1.29, 1.82) is 0 Å². The van der Waals surface area contributed by atoms with Crippen LogP contribution in [-0.2, 0) is 13.1 Å². The van der Waals surface area contributed by atoms with E-state index in [2.05, 4.69) is 34.4 Å². The molecule has 1 aromatic heterocycles. The van der Waals surface area contributed by atoms with E-state index >= 15 is 0 Å². The van der Waals surface area contributed by atoms with E-state index in [9.17, 15) is 9.59 Å². The van der Waals surface area contributed by atoms with E-state index in [-0.39, 0.29) is 11.8 Å². The van der Waals surface area contributed by atoms with Crippen molar-refractivity contribution in [1.82, 2.24) is 24.7 Å². The number of hydrogen-bond donors (Lipinski definition) is 1. The smallest absolute Gasteiger partial charge is 0.289 e. The van der Waals surface area contributed by atoms with Gasteiger partial charge < -0.3 is 19.7 Å². The number of carbonyl (C=O) groups is 2. The molecule has 0 saturated heterocycles. The highest BCUT2D eigenvalue weighted by atomic mass is 16.2. The summed E-state index contributed by atoms with van der Waals surface area (Å²) in [7, 11) is 2.07. The highest BCUT2D eigenvalue weighted by molar-refractivity contribution is 5.96. The monoisotopic (exact) mass is 369 g/mol. The maximum atomic E-state index is 12.3. The quantitative estimate of drug-likeness (QED) is 0.718. The van der Waals surface area contributed by atoms with Crippen molar-refractivity contribution < 1.29 is 9.59 Å². The molecule has 0 atom stereocenters. The van der Waals surface area contributed by atoms with Gasteiger partial charge in [-0.25, -0.2) is 4.98 Å². The van der Waals surface area contributed by atoms with Crippen molar-refractivity contribution in [3.63, 3.8) is 0 Å². The number of benzene rings is 1. The lowest BCUT2D eigenvalue weighted by atomic mass is 10.2. The molecule has 2 aromatic rings. The van der Waals surface area contributed by atoms with Gasteiger partial charge in [-0.1, -0.05) is 30.3 Å². The fourth-order valence-electron chi connectivity index (χ4n) is 3.26. The molecule has 1 aliphatic rings. The molecule has 0 spiro atoms. The van der Waals surface area contributed by atoms with Crippen molar-refractivity contribution in [2.75, 3.05) is 33.2 Å². The van der Waals surface area contributed by atoms with Crippen molar-refractivity contribution in [3.05, 3.63) is 53.6 Å². The van der Waals surface area contributed by atoms with Crippen LogP contribution in [0.25, 0.3) is 0 Å². The van der Waals surface area contributed by atoms with E-state index < -0.39 is 0 Å². The molecule has 0 radical (unpaired) electrons. The first kappa shape index (κ1) is 19.1. The average Bonchev–Trinajstić information content (AvgIpc) is 3.11. The summed E-state index contributed by atoms with van der Waals surface area (Å²) < 4.78 is 1.77. The second-order valence-corrected chi connectivity index (χ2v) is 6.86. The van der Waals surface area contributed by atoms with Crippen LogP contribution in [0.5, 0.6) is 0 Å². The third kappa shape index (κ3) is 4.74. The second kappa shape index (κ2) is 8.81. The second-order valence-electron chi connectivity index (χ2n) is 6.86. The van der Waals surface area contributed by atoms with Crippen LogP contribution >= 0.6 is 0 Å². The molecule has 0 aliphatic carbocycles. The molecule has 7 nitrogen and oxygen atoms in total. The van der Waals surface area contributed by atoms with Gasteiger partial charge in [-0.15, -0.1) is 0 Å². The number of amides is 2. The minimum atomic E-state index is -0.224. The van der Waals surface area contributed by atoms with Crippen LogP contribution in [0.2, 0.25) is 0 Å². The van der Waals surface area contributed by atoms with E-state index in [1.54, 1.807) is 15.7 Å². The van der Waals surface area contributed by atoms with Crippen molar-refractivity contribution in [3.8, 4) is 0 Å². The Balaban J connectivity index is 1.44. The average molecular weight is 369 g/mol. The molecule has 0 saturated carbocycles. The van der Waals surface area contributed by atoms with Gasteiger partial charge in [0.05, 0.1) is 0 Å². The SMILES string of the molecule is CCN1CCn2cc(C(=O)NCCCN(C)Cc3ccccc3)nc2C1=O. The van der Waals surface area contributed by atoms with E-state index in [4.69, 9.17) is 0 Å². The van der Waals surface area contributed by atoms with Gasteiger partial charge >= 0.3 is 0 Å². The Hall–Kier alpha value is -2.67. The lowest BCUT2D eigenvalue weighted by molar-refractivity contribution is 0.0707. The maximum Gasteiger partial charge on any atom is 0.289 e. The van der Waals surface area contributed by atoms with Gasteiger partial charge in [-0.2, -0.15) is 0 Å². The molecule has 3 rings (SSSR count). The Morgan fingerprint density at radius 3 is 2.78 bits per heavy atom. The van der Waals surface area contributed by atoms with Gasteiger partial charge in [-0.3, -0.25) is 9.59 Å². The lowest BCUT2D eigenvalue weighted by Gasteiger charge is -2.25. The van der Waals surface area contributed by atoms with E-state index in [1.807, 2.05) is 25.1 Å². The first-order chi connectivity index (χ1) is 13.1. The minimum Gasteiger partial charge on any atom is -0.351 e. The van der Waals surface area contributed by atoms with Crippen LogP contribution < -0.4 is 5.32 Å². The van der Waals surface area contributed by atoms with Crippen molar-refractivity contribution in [2.24, 2.45) is 0 Å². The Bertz CT molecular complexity index is 787. The predicted octanol–water partition coefficient (Wildman–Crippen LogP) is 1.61. The number of carbonyl (C=O) groups excluding carboxylic acids is 2. The molecular weight excluding hydrogens is 342 g/mol. The fraction of sp³-hybridized carbons (Fsp3) is 0.450. The highest BCUT2D eigenvalue weighted by Gasteiger charge is 2.27. The fourth-order valence-corrected chi connectivity index (χ4v) is 3.26. The molecule has 0 bridgehead atoms. The number of aromatic nitrogens is 2. The normalized spacial score (nSPS) is 13.7. The Labute approximate surface area is 160 Å². The molecule has 1 aliphatic heterocycles. The molecule has 0 fully saturated rings. The minimum absolute atomic E-state index is 0.106. The van der Waals surface area contributed by atoms with Crippen LogP contribution in [0.1, 0.15) is 40.0 Å². The molecule has 2 heterocycles. The molecule has 1 N–H and O–H groups in total. The first-order valence-corrected chi connectivity index (χ1v) is 9.45. The summed E-state index contributed by atoms with van der Waals surface area (Å²) in [5.74, 6) is 0.0274. The highest BCUT2D eigenvalue weighted by Crippen LogP contribution is 2.12. The van der Waals surface area contributed by atoms with Crippen molar-refractivity contribution in [2.45, 2.75) is 26.4 Å². The lowest BCUT2D eigenvalue weighted by Crippen LogP contribution is -2.40. The zero-order valence-corrected chi connectivity index (χ0v) is 16.0.